The van der Waals surface area contributed by atoms with Gasteiger partial charge in [-0.2, -0.15) is 5.01 Å². The number of benzene rings is 1. The number of primary amides is 1. The highest BCUT2D eigenvalue weighted by atomic mass is 16.3. The minimum absolute atomic E-state index is 0.0226. The zero-order valence-electron chi connectivity index (χ0n) is 26.4. The average molecular weight is 644 g/mol. The molecule has 0 saturated heterocycles. The first-order valence-electron chi connectivity index (χ1n) is 14.2. The number of nitroso groups, excluding NO2 is 2. The van der Waals surface area contributed by atoms with Crippen LogP contribution in [0.15, 0.2) is 33.5 Å². The first kappa shape index (κ1) is 34.0. The maximum atomic E-state index is 14.1. The van der Waals surface area contributed by atoms with Crippen LogP contribution in [-0.4, -0.2) is 106 Å². The van der Waals surface area contributed by atoms with Crippen LogP contribution in [-0.2, 0) is 25.6 Å². The summed E-state index contributed by atoms with van der Waals surface area (Å²) in [5, 5.41) is 52.7. The lowest BCUT2D eigenvalue weighted by Gasteiger charge is -2.50. The van der Waals surface area contributed by atoms with E-state index in [0.717, 1.165) is 5.01 Å². The van der Waals surface area contributed by atoms with E-state index in [1.807, 2.05) is 0 Å². The van der Waals surface area contributed by atoms with Gasteiger partial charge in [-0.05, 0) is 65.3 Å². The maximum Gasteiger partial charge on any atom is 0.271 e. The molecule has 0 bridgehead atoms. The number of aliphatic hydroxyl groups is 3. The Balaban J connectivity index is 1.95. The monoisotopic (exact) mass is 643 g/mol. The van der Waals surface area contributed by atoms with E-state index in [1.165, 1.54) is 25.1 Å². The highest BCUT2D eigenvalue weighted by molar-refractivity contribution is 6.24. The number of phenolic OH excluding ortho intramolecular Hbond substituents is 1. The quantitative estimate of drug-likeness (QED) is 0.150. The highest BCUT2D eigenvalue weighted by Gasteiger charge is 2.64. The number of aromatic hydroxyl groups is 1. The molecule has 1 aromatic rings. The molecule has 46 heavy (non-hydrogen) atoms. The van der Waals surface area contributed by atoms with Crippen LogP contribution in [0.1, 0.15) is 38.3 Å². The number of amides is 2. The topological polar surface area (TPSA) is 247 Å². The van der Waals surface area contributed by atoms with Gasteiger partial charge in [0.15, 0.2) is 17.1 Å². The fourth-order valence-corrected chi connectivity index (χ4v) is 6.65. The Bertz CT molecular complexity index is 1630. The minimum Gasteiger partial charge on any atom is -0.508 e. The SMILES string of the molecule is CN(C)c1cc(N(N=O)C(=O)CN(N=O)C(C)(C)C)c(O)c2c1C[C@H]1C[C@H]3[C@H](N(C)C)C(=O)C(C(N)=O)=C(O)[C@@]3(O)C(=O)C1=C2O. The van der Waals surface area contributed by atoms with Gasteiger partial charge in [0.25, 0.3) is 11.8 Å². The molecule has 4 atom stereocenters. The zero-order valence-corrected chi connectivity index (χ0v) is 26.4. The first-order valence-corrected chi connectivity index (χ1v) is 14.2. The van der Waals surface area contributed by atoms with Crippen molar-refractivity contribution >= 4 is 40.5 Å². The van der Waals surface area contributed by atoms with Crippen molar-refractivity contribution in [3.05, 3.63) is 43.9 Å². The van der Waals surface area contributed by atoms with E-state index in [1.54, 1.807) is 39.8 Å². The number of Topliss-reactive ketones (excluding diaryl/α,β-unsaturated/α-hetero) is 2. The molecule has 3 aliphatic rings. The number of likely N-dealkylation sites (N-methyl/N-ethyl adjacent to an activating group) is 1. The van der Waals surface area contributed by atoms with Crippen molar-refractivity contribution in [1.29, 1.82) is 0 Å². The van der Waals surface area contributed by atoms with Gasteiger partial charge in [0.1, 0.15) is 29.3 Å². The molecule has 0 spiro atoms. The molecule has 4 rings (SSSR count). The molecule has 17 heteroatoms. The summed E-state index contributed by atoms with van der Waals surface area (Å²) in [7, 11) is 6.23. The Kier molecular flexibility index (Phi) is 8.48. The Morgan fingerprint density at radius 1 is 1.04 bits per heavy atom. The molecular weight excluding hydrogens is 606 g/mol. The molecule has 1 saturated carbocycles. The number of aliphatic hydroxyl groups excluding tert-OH is 2. The Labute approximate surface area is 263 Å². The number of phenols is 1. The largest absolute Gasteiger partial charge is 0.508 e. The van der Waals surface area contributed by atoms with Crippen LogP contribution in [0.5, 0.6) is 5.75 Å². The number of fused-ring (bicyclic) bond motifs is 3. The second-order valence-electron chi connectivity index (χ2n) is 13.1. The number of hydrogen-bond acceptors (Lipinski definition) is 14. The minimum atomic E-state index is -2.84. The molecule has 1 fully saturated rings. The number of carbonyl (C=O) groups is 4. The summed E-state index contributed by atoms with van der Waals surface area (Å²) in [4.78, 5) is 79.2. The normalized spacial score (nSPS) is 24.2. The molecular formula is C29H37N7O10. The van der Waals surface area contributed by atoms with Crippen molar-refractivity contribution in [2.75, 3.05) is 44.6 Å². The van der Waals surface area contributed by atoms with Crippen molar-refractivity contribution in [1.82, 2.24) is 9.91 Å². The van der Waals surface area contributed by atoms with Crippen molar-refractivity contribution in [3.8, 4) is 5.75 Å². The maximum absolute atomic E-state index is 14.1. The lowest BCUT2D eigenvalue weighted by atomic mass is 9.57. The van der Waals surface area contributed by atoms with E-state index in [2.05, 4.69) is 10.6 Å². The van der Waals surface area contributed by atoms with Crippen molar-refractivity contribution in [3.63, 3.8) is 0 Å². The molecule has 0 heterocycles. The van der Waals surface area contributed by atoms with Gasteiger partial charge < -0.3 is 31.1 Å². The molecule has 2 amide bonds. The number of carbonyl (C=O) groups excluding carboxylic acids is 4. The van der Waals surface area contributed by atoms with Gasteiger partial charge in [0, 0.05) is 31.3 Å². The van der Waals surface area contributed by atoms with Crippen LogP contribution < -0.4 is 15.6 Å². The number of nitrogens with zero attached hydrogens (tertiary/aromatic N) is 6. The molecule has 3 aliphatic carbocycles. The number of hydrogen-bond donors (Lipinski definition) is 5. The molecule has 0 aliphatic heterocycles. The first-order chi connectivity index (χ1) is 21.2. The van der Waals surface area contributed by atoms with Crippen LogP contribution in [0.25, 0.3) is 5.76 Å². The number of anilines is 2. The van der Waals surface area contributed by atoms with Gasteiger partial charge in [0.2, 0.25) is 5.78 Å². The number of nitrogens with two attached hydrogens (primary N) is 1. The third-order valence-electron chi connectivity index (χ3n) is 8.86. The van der Waals surface area contributed by atoms with Crippen molar-refractivity contribution in [2.24, 2.45) is 28.1 Å². The predicted octanol–water partition coefficient (Wildman–Crippen LogP) is 0.826. The second-order valence-corrected chi connectivity index (χ2v) is 13.1. The Hall–Kier alpha value is -4.90. The third-order valence-corrected chi connectivity index (χ3v) is 8.86. The van der Waals surface area contributed by atoms with Gasteiger partial charge in [-0.25, -0.2) is 5.01 Å². The predicted molar refractivity (Wildman–Crippen MR) is 164 cm³/mol. The van der Waals surface area contributed by atoms with Crippen LogP contribution in [0.2, 0.25) is 0 Å². The molecule has 0 unspecified atom stereocenters. The van der Waals surface area contributed by atoms with E-state index in [-0.39, 0.29) is 18.4 Å². The molecule has 17 nitrogen and oxygen atoms in total. The Morgan fingerprint density at radius 2 is 1.65 bits per heavy atom. The van der Waals surface area contributed by atoms with E-state index >= 15 is 0 Å². The summed E-state index contributed by atoms with van der Waals surface area (Å²) >= 11 is 0. The van der Waals surface area contributed by atoms with Crippen molar-refractivity contribution < 1.29 is 39.6 Å². The fourth-order valence-electron chi connectivity index (χ4n) is 6.65. The summed E-state index contributed by atoms with van der Waals surface area (Å²) in [6, 6.07) is 0.0384. The van der Waals surface area contributed by atoms with Gasteiger partial charge >= 0.3 is 0 Å². The lowest BCUT2D eigenvalue weighted by molar-refractivity contribution is -0.153. The summed E-state index contributed by atoms with van der Waals surface area (Å²) < 4.78 is 0. The van der Waals surface area contributed by atoms with Crippen LogP contribution >= 0.6 is 0 Å². The van der Waals surface area contributed by atoms with E-state index in [4.69, 9.17) is 5.73 Å². The van der Waals surface area contributed by atoms with Crippen molar-refractivity contribution in [2.45, 2.75) is 50.8 Å². The second kappa shape index (κ2) is 11.5. The van der Waals surface area contributed by atoms with E-state index in [9.17, 15) is 49.4 Å². The molecule has 1 aromatic carbocycles. The lowest BCUT2D eigenvalue weighted by Crippen LogP contribution is -2.65. The summed E-state index contributed by atoms with van der Waals surface area (Å²) in [6.07, 6.45) is -0.145. The van der Waals surface area contributed by atoms with Crippen LogP contribution in [0, 0.1) is 21.6 Å². The number of rotatable bonds is 8. The summed E-state index contributed by atoms with van der Waals surface area (Å²) in [5.41, 5.74) is 0.0341. The van der Waals surface area contributed by atoms with Gasteiger partial charge in [0.05, 0.1) is 27.7 Å². The number of ketones is 2. The summed E-state index contributed by atoms with van der Waals surface area (Å²) in [5.74, 6) is -9.46. The van der Waals surface area contributed by atoms with E-state index < -0.39 is 93.0 Å². The van der Waals surface area contributed by atoms with Crippen LogP contribution in [0.3, 0.4) is 0 Å². The molecule has 0 radical (unpaired) electrons. The summed E-state index contributed by atoms with van der Waals surface area (Å²) in [6.45, 7) is 4.10. The van der Waals surface area contributed by atoms with Gasteiger partial charge in [-0.1, -0.05) is 0 Å². The highest BCUT2D eigenvalue weighted by Crippen LogP contribution is 2.55. The Morgan fingerprint density at radius 3 is 2.13 bits per heavy atom. The van der Waals surface area contributed by atoms with Gasteiger partial charge in [-0.15, -0.1) is 9.81 Å². The van der Waals surface area contributed by atoms with Crippen LogP contribution in [0.4, 0.5) is 11.4 Å². The average Bonchev–Trinajstić information content (AvgIpc) is 2.93. The third kappa shape index (κ3) is 4.95. The standard InChI is InChI=1S/C29H37N7O10/c1-28(2,3)35(31-45)11-17(37)36(32-46)16-10-15(33(4)5)13-8-12-9-14-21(34(6)7)24(40)20(27(30)43)26(42)29(14,44)25(41)18(12)23(39)19(13)22(16)38/h10,12,14,21,38-39,42,44H,8-9,11H2,1-7H3,(H2,30,43)/t12-,14-,21-,29-/m0/s1. The molecule has 0 aromatic heterocycles. The molecule has 248 valence electrons. The van der Waals surface area contributed by atoms with Gasteiger partial charge in [-0.3, -0.25) is 24.1 Å². The fraction of sp³-hybridized carbons (Fsp3) is 0.517. The van der Waals surface area contributed by atoms with E-state index in [0.29, 0.717) is 16.3 Å². The smallest absolute Gasteiger partial charge is 0.271 e. The zero-order chi connectivity index (χ0) is 34.8. The molecule has 6 N–H and O–H groups in total.